The summed E-state index contributed by atoms with van der Waals surface area (Å²) in [5.41, 5.74) is 1.10. The van der Waals surface area contributed by atoms with Crippen LogP contribution >= 0.6 is 0 Å². The lowest BCUT2D eigenvalue weighted by Gasteiger charge is -2.16. The number of nitrogens with one attached hydrogen (secondary N) is 2. The molecule has 7 heteroatoms. The Hall–Kier alpha value is -3.61. The van der Waals surface area contributed by atoms with Crippen molar-refractivity contribution < 1.29 is 23.9 Å². The molecule has 0 aliphatic carbocycles. The van der Waals surface area contributed by atoms with E-state index < -0.39 is 23.9 Å². The molecule has 2 aromatic rings. The van der Waals surface area contributed by atoms with E-state index in [-0.39, 0.29) is 5.70 Å². The van der Waals surface area contributed by atoms with Crippen LogP contribution in [0.1, 0.15) is 19.4 Å². The van der Waals surface area contributed by atoms with Crippen LogP contribution < -0.4 is 15.4 Å². The van der Waals surface area contributed by atoms with Crippen LogP contribution in [0.15, 0.2) is 60.3 Å². The van der Waals surface area contributed by atoms with Gasteiger partial charge in [0.05, 0.1) is 12.8 Å². The molecular formula is C21H22N2O5. The minimum absolute atomic E-state index is 0.0596. The average molecular weight is 382 g/mol. The molecule has 2 rings (SSSR count). The van der Waals surface area contributed by atoms with Crippen molar-refractivity contribution in [2.45, 2.75) is 20.0 Å². The number of hydrogen-bond acceptors (Lipinski definition) is 5. The van der Waals surface area contributed by atoms with Gasteiger partial charge in [-0.05, 0) is 30.7 Å². The predicted molar refractivity (Wildman–Crippen MR) is 105 cm³/mol. The van der Waals surface area contributed by atoms with Gasteiger partial charge in [-0.2, -0.15) is 0 Å². The number of carbonyl (C=O) groups excluding carboxylic acids is 3. The van der Waals surface area contributed by atoms with Crippen LogP contribution in [0.3, 0.4) is 0 Å². The van der Waals surface area contributed by atoms with Crippen molar-refractivity contribution in [2.75, 3.05) is 12.4 Å². The summed E-state index contributed by atoms with van der Waals surface area (Å²) in [7, 11) is 1.49. The van der Waals surface area contributed by atoms with Gasteiger partial charge in [-0.15, -0.1) is 0 Å². The summed E-state index contributed by atoms with van der Waals surface area (Å²) >= 11 is 0. The summed E-state index contributed by atoms with van der Waals surface area (Å²) in [5.74, 6) is -1.29. The molecule has 1 atom stereocenters. The summed E-state index contributed by atoms with van der Waals surface area (Å²) in [6.07, 6.45) is 0.388. The van der Waals surface area contributed by atoms with Gasteiger partial charge in [-0.25, -0.2) is 4.79 Å². The van der Waals surface area contributed by atoms with Gasteiger partial charge in [0.2, 0.25) is 5.91 Å². The number of ether oxygens (including phenoxy) is 2. The van der Waals surface area contributed by atoms with Gasteiger partial charge in [0.25, 0.3) is 5.91 Å². The van der Waals surface area contributed by atoms with E-state index in [0.717, 1.165) is 0 Å². The zero-order valence-corrected chi connectivity index (χ0v) is 15.9. The first-order valence-electron chi connectivity index (χ1n) is 8.60. The minimum atomic E-state index is -1.09. The molecule has 2 aromatic carbocycles. The van der Waals surface area contributed by atoms with E-state index in [0.29, 0.717) is 17.0 Å². The molecule has 0 bridgehead atoms. The van der Waals surface area contributed by atoms with Crippen molar-refractivity contribution in [3.8, 4) is 5.75 Å². The second-order valence-electron chi connectivity index (χ2n) is 5.89. The number of hydrogen-bond donors (Lipinski definition) is 2. The maximum atomic E-state index is 12.5. The van der Waals surface area contributed by atoms with Gasteiger partial charge < -0.3 is 20.1 Å². The highest BCUT2D eigenvalue weighted by Crippen LogP contribution is 2.23. The lowest BCUT2D eigenvalue weighted by atomic mass is 10.2. The molecule has 146 valence electrons. The zero-order valence-electron chi connectivity index (χ0n) is 15.9. The van der Waals surface area contributed by atoms with Crippen molar-refractivity contribution in [3.05, 3.63) is 65.9 Å². The van der Waals surface area contributed by atoms with Crippen molar-refractivity contribution in [1.82, 2.24) is 5.32 Å². The quantitative estimate of drug-likeness (QED) is 0.567. The van der Waals surface area contributed by atoms with Crippen LogP contribution in [0, 0.1) is 0 Å². The van der Waals surface area contributed by atoms with E-state index in [1.165, 1.54) is 27.0 Å². The Morgan fingerprint density at radius 3 is 2.29 bits per heavy atom. The van der Waals surface area contributed by atoms with Crippen LogP contribution in [0.2, 0.25) is 0 Å². The molecule has 0 aliphatic rings. The number of methoxy groups -OCH3 is 1. The first-order valence-corrected chi connectivity index (χ1v) is 8.60. The minimum Gasteiger partial charge on any atom is -0.495 e. The molecule has 0 spiro atoms. The number of benzene rings is 2. The van der Waals surface area contributed by atoms with E-state index in [4.69, 9.17) is 9.47 Å². The first-order chi connectivity index (χ1) is 13.4. The summed E-state index contributed by atoms with van der Waals surface area (Å²) in [4.78, 5) is 36.3. The van der Waals surface area contributed by atoms with Crippen molar-refractivity contribution in [1.29, 1.82) is 0 Å². The SMILES string of the molecule is COc1ccccc1NC(=O)[C@@H](C)OC(=O)/C(=C\c1ccccc1)NC(C)=O. The van der Waals surface area contributed by atoms with Gasteiger partial charge in [0.1, 0.15) is 11.4 Å². The van der Waals surface area contributed by atoms with Crippen LogP contribution in [0.5, 0.6) is 5.75 Å². The smallest absolute Gasteiger partial charge is 0.355 e. The molecule has 0 aliphatic heterocycles. The fourth-order valence-electron chi connectivity index (χ4n) is 2.31. The Morgan fingerprint density at radius 2 is 1.64 bits per heavy atom. The Labute approximate surface area is 163 Å². The normalized spacial score (nSPS) is 11.9. The highest BCUT2D eigenvalue weighted by Gasteiger charge is 2.22. The standard InChI is InChI=1S/C21H22N2O5/c1-14(20(25)23-17-11-7-8-12-19(17)27-3)28-21(26)18(22-15(2)24)13-16-9-5-4-6-10-16/h4-14H,1-3H3,(H,22,24)(H,23,25)/b18-13+/t14-/m1/s1. The number of para-hydroxylation sites is 2. The summed E-state index contributed by atoms with van der Waals surface area (Å²) in [6, 6.07) is 15.8. The Morgan fingerprint density at radius 1 is 1.00 bits per heavy atom. The maximum absolute atomic E-state index is 12.5. The van der Waals surface area contributed by atoms with Crippen LogP contribution in [0.4, 0.5) is 5.69 Å². The molecule has 2 N–H and O–H groups in total. The van der Waals surface area contributed by atoms with E-state index in [1.807, 2.05) is 6.07 Å². The van der Waals surface area contributed by atoms with E-state index in [2.05, 4.69) is 10.6 Å². The zero-order chi connectivity index (χ0) is 20.5. The molecule has 0 fully saturated rings. The van der Waals surface area contributed by atoms with Crippen molar-refractivity contribution in [3.63, 3.8) is 0 Å². The molecule has 0 heterocycles. The van der Waals surface area contributed by atoms with Crippen molar-refractivity contribution >= 4 is 29.5 Å². The Kier molecular flexibility index (Phi) is 7.33. The van der Waals surface area contributed by atoms with E-state index >= 15 is 0 Å². The van der Waals surface area contributed by atoms with Crippen LogP contribution in [-0.2, 0) is 19.1 Å². The van der Waals surface area contributed by atoms with Gasteiger partial charge in [-0.3, -0.25) is 9.59 Å². The molecule has 0 saturated carbocycles. The summed E-state index contributed by atoms with van der Waals surface area (Å²) < 4.78 is 10.4. The van der Waals surface area contributed by atoms with Gasteiger partial charge >= 0.3 is 5.97 Å². The number of anilines is 1. The highest BCUT2D eigenvalue weighted by atomic mass is 16.5. The number of esters is 1. The Bertz CT molecular complexity index is 877. The third kappa shape index (κ3) is 5.98. The first kappa shape index (κ1) is 20.7. The molecule has 0 radical (unpaired) electrons. The summed E-state index contributed by atoms with van der Waals surface area (Å²) in [6.45, 7) is 2.72. The van der Waals surface area contributed by atoms with E-state index in [1.54, 1.807) is 48.5 Å². The fraction of sp³-hybridized carbons (Fsp3) is 0.190. The predicted octanol–water partition coefficient (Wildman–Crippen LogP) is 2.74. The highest BCUT2D eigenvalue weighted by molar-refractivity contribution is 6.01. The van der Waals surface area contributed by atoms with E-state index in [9.17, 15) is 14.4 Å². The Balaban J connectivity index is 2.10. The largest absolute Gasteiger partial charge is 0.495 e. The van der Waals surface area contributed by atoms with Gasteiger partial charge in [0.15, 0.2) is 6.10 Å². The number of amides is 2. The van der Waals surface area contributed by atoms with Crippen LogP contribution in [0.25, 0.3) is 6.08 Å². The monoisotopic (exact) mass is 382 g/mol. The lowest BCUT2D eigenvalue weighted by molar-refractivity contribution is -0.149. The number of rotatable bonds is 7. The second kappa shape index (κ2) is 9.91. The second-order valence-corrected chi connectivity index (χ2v) is 5.89. The summed E-state index contributed by atoms with van der Waals surface area (Å²) in [5, 5.41) is 5.08. The third-order valence-electron chi connectivity index (χ3n) is 3.66. The molecule has 28 heavy (non-hydrogen) atoms. The van der Waals surface area contributed by atoms with Gasteiger partial charge in [0, 0.05) is 6.92 Å². The topological polar surface area (TPSA) is 93.7 Å². The molecule has 0 aromatic heterocycles. The molecule has 0 unspecified atom stereocenters. The lowest BCUT2D eigenvalue weighted by Crippen LogP contribution is -2.33. The molecule has 7 nitrogen and oxygen atoms in total. The molecule has 2 amide bonds. The average Bonchev–Trinajstić information content (AvgIpc) is 2.68. The van der Waals surface area contributed by atoms with Crippen LogP contribution in [-0.4, -0.2) is 31.0 Å². The number of carbonyl (C=O) groups is 3. The fourth-order valence-corrected chi connectivity index (χ4v) is 2.31. The molecule has 0 saturated heterocycles. The molecular weight excluding hydrogens is 360 g/mol. The third-order valence-corrected chi connectivity index (χ3v) is 3.66. The van der Waals surface area contributed by atoms with Crippen molar-refractivity contribution in [2.24, 2.45) is 0 Å². The maximum Gasteiger partial charge on any atom is 0.355 e. The van der Waals surface area contributed by atoms with Gasteiger partial charge in [-0.1, -0.05) is 42.5 Å².